The molecule has 7 nitrogen and oxygen atoms in total. The molecule has 2 aromatic heterocycles. The molecule has 0 saturated carbocycles. The number of nitrogens with zero attached hydrogens (tertiary/aromatic N) is 1. The van der Waals surface area contributed by atoms with Crippen molar-refractivity contribution in [3.63, 3.8) is 0 Å². The fourth-order valence-electron chi connectivity index (χ4n) is 4.91. The zero-order chi connectivity index (χ0) is 26.3. The summed E-state index contributed by atoms with van der Waals surface area (Å²) in [6.45, 7) is 5.83. The van der Waals surface area contributed by atoms with Crippen LogP contribution in [0.2, 0.25) is 10.0 Å². The number of hydrogen-bond donors (Lipinski definition) is 2. The largest absolute Gasteiger partial charge is 0.464 e. The molecule has 0 saturated heterocycles. The highest BCUT2D eigenvalue weighted by atomic mass is 35.5. The summed E-state index contributed by atoms with van der Waals surface area (Å²) >= 11 is 12.1. The highest BCUT2D eigenvalue weighted by Crippen LogP contribution is 2.31. The average molecular weight is 538 g/mol. The molecule has 0 atom stereocenters. The number of amides is 2. The summed E-state index contributed by atoms with van der Waals surface area (Å²) in [5.41, 5.74) is 9.02. The summed E-state index contributed by atoms with van der Waals surface area (Å²) in [4.78, 5) is 25.7. The van der Waals surface area contributed by atoms with Crippen LogP contribution in [-0.2, 0) is 17.6 Å². The van der Waals surface area contributed by atoms with Crippen molar-refractivity contribution in [1.82, 2.24) is 5.43 Å². The Bertz CT molecular complexity index is 1560. The van der Waals surface area contributed by atoms with E-state index in [4.69, 9.17) is 32.0 Å². The summed E-state index contributed by atoms with van der Waals surface area (Å²) in [5, 5.41) is 8.99. The van der Waals surface area contributed by atoms with E-state index in [1.807, 2.05) is 26.8 Å². The van der Waals surface area contributed by atoms with E-state index in [9.17, 15) is 9.59 Å². The lowest BCUT2D eigenvalue weighted by molar-refractivity contribution is -0.120. The Morgan fingerprint density at radius 3 is 2.54 bits per heavy atom. The fraction of sp³-hybridized carbons (Fsp3) is 0.250. The highest BCUT2D eigenvalue weighted by Gasteiger charge is 2.28. The minimum Gasteiger partial charge on any atom is -0.464 e. The molecular weight excluding hydrogens is 513 g/mol. The van der Waals surface area contributed by atoms with Crippen molar-refractivity contribution in [2.24, 2.45) is 5.10 Å². The minimum absolute atomic E-state index is 0.140. The van der Waals surface area contributed by atoms with Crippen molar-refractivity contribution in [2.45, 2.75) is 46.5 Å². The molecule has 2 heterocycles. The van der Waals surface area contributed by atoms with E-state index >= 15 is 0 Å². The maximum atomic E-state index is 13.0. The van der Waals surface area contributed by atoms with Crippen LogP contribution in [0.25, 0.3) is 11.0 Å². The molecule has 2 N–H and O–H groups in total. The molecule has 5 rings (SSSR count). The van der Waals surface area contributed by atoms with Gasteiger partial charge in [-0.05, 0) is 69.0 Å². The van der Waals surface area contributed by atoms with Gasteiger partial charge in [-0.25, -0.2) is 5.43 Å². The molecule has 2 aromatic carbocycles. The number of hydrazone groups is 1. The number of halogens is 2. The van der Waals surface area contributed by atoms with Crippen LogP contribution in [0.1, 0.15) is 57.0 Å². The predicted octanol–water partition coefficient (Wildman–Crippen LogP) is 6.91. The topological polar surface area (TPSA) is 96.8 Å². The molecule has 2 amide bonds. The van der Waals surface area contributed by atoms with Gasteiger partial charge >= 0.3 is 0 Å². The van der Waals surface area contributed by atoms with Gasteiger partial charge in [-0.1, -0.05) is 29.3 Å². The second-order valence-corrected chi connectivity index (χ2v) is 10.2. The number of aryl methyl sites for hydroxylation is 3. The average Bonchev–Trinajstić information content (AvgIpc) is 3.38. The van der Waals surface area contributed by atoms with Crippen molar-refractivity contribution < 1.29 is 18.4 Å². The molecule has 0 fully saturated rings. The van der Waals surface area contributed by atoms with Gasteiger partial charge < -0.3 is 14.2 Å². The zero-order valence-electron chi connectivity index (χ0n) is 20.6. The third-order valence-corrected chi connectivity index (χ3v) is 6.85. The van der Waals surface area contributed by atoms with Gasteiger partial charge in [0.2, 0.25) is 5.91 Å². The number of benzene rings is 2. The Morgan fingerprint density at radius 2 is 1.78 bits per heavy atom. The number of carbonyl (C=O) groups is 2. The van der Waals surface area contributed by atoms with Gasteiger partial charge in [0, 0.05) is 44.2 Å². The number of furan rings is 2. The van der Waals surface area contributed by atoms with Crippen LogP contribution in [0.4, 0.5) is 5.69 Å². The number of rotatable bonds is 5. The Labute approximate surface area is 223 Å². The number of fused-ring (bicyclic) bond motifs is 2. The highest BCUT2D eigenvalue weighted by molar-refractivity contribution is 6.35. The first-order valence-corrected chi connectivity index (χ1v) is 12.7. The molecule has 1 aliphatic rings. The van der Waals surface area contributed by atoms with E-state index in [1.54, 1.807) is 24.5 Å². The molecular formula is C28H25Cl2N3O4. The van der Waals surface area contributed by atoms with Crippen LogP contribution in [0.3, 0.4) is 0 Å². The standard InChI is InChI=1S/C28H25Cl2N3O4/c1-14-7-15(2)25-17(13-36-23(25)8-14)9-24(34)33-32-21-5-4-6-22-26(21)16(3)27(37-22)28(35)31-20-11-18(29)10-19(30)12-20/h7-8,10-13H,4-6,9H2,1-3H3,(H,31,35)(H,33,34)/b32-21+. The van der Waals surface area contributed by atoms with E-state index in [0.29, 0.717) is 45.6 Å². The van der Waals surface area contributed by atoms with Crippen LogP contribution < -0.4 is 10.7 Å². The van der Waals surface area contributed by atoms with E-state index in [0.717, 1.165) is 39.6 Å². The molecule has 4 aromatic rings. The van der Waals surface area contributed by atoms with Gasteiger partial charge in [0.15, 0.2) is 5.76 Å². The van der Waals surface area contributed by atoms with Crippen molar-refractivity contribution in [1.29, 1.82) is 0 Å². The van der Waals surface area contributed by atoms with Crippen LogP contribution >= 0.6 is 23.2 Å². The molecule has 0 aliphatic heterocycles. The quantitative estimate of drug-likeness (QED) is 0.270. The van der Waals surface area contributed by atoms with E-state index in [-0.39, 0.29) is 18.1 Å². The summed E-state index contributed by atoms with van der Waals surface area (Å²) in [5.74, 6) is 0.209. The molecule has 0 bridgehead atoms. The van der Waals surface area contributed by atoms with Gasteiger partial charge in [0.25, 0.3) is 5.91 Å². The van der Waals surface area contributed by atoms with Crippen LogP contribution in [-0.4, -0.2) is 17.5 Å². The molecule has 190 valence electrons. The van der Waals surface area contributed by atoms with Gasteiger partial charge in [0.1, 0.15) is 11.3 Å². The Kier molecular flexibility index (Phi) is 6.84. The van der Waals surface area contributed by atoms with Crippen molar-refractivity contribution >= 4 is 57.4 Å². The van der Waals surface area contributed by atoms with E-state index in [2.05, 4.69) is 21.9 Å². The Morgan fingerprint density at radius 1 is 1.03 bits per heavy atom. The molecule has 37 heavy (non-hydrogen) atoms. The lowest BCUT2D eigenvalue weighted by Gasteiger charge is -2.13. The van der Waals surface area contributed by atoms with Crippen molar-refractivity contribution in [3.8, 4) is 0 Å². The predicted molar refractivity (Wildman–Crippen MR) is 145 cm³/mol. The smallest absolute Gasteiger partial charge is 0.291 e. The van der Waals surface area contributed by atoms with Gasteiger partial charge in [0.05, 0.1) is 18.4 Å². The monoisotopic (exact) mass is 537 g/mol. The van der Waals surface area contributed by atoms with Gasteiger partial charge in [-0.15, -0.1) is 0 Å². The van der Waals surface area contributed by atoms with Crippen LogP contribution in [0, 0.1) is 20.8 Å². The lowest BCUT2D eigenvalue weighted by atomic mass is 9.93. The minimum atomic E-state index is -0.411. The molecule has 0 spiro atoms. The molecule has 0 unspecified atom stereocenters. The first-order chi connectivity index (χ1) is 17.7. The van der Waals surface area contributed by atoms with E-state index < -0.39 is 5.91 Å². The van der Waals surface area contributed by atoms with Gasteiger partial charge in [-0.3, -0.25) is 9.59 Å². The second-order valence-electron chi connectivity index (χ2n) is 9.31. The Hall–Kier alpha value is -3.55. The van der Waals surface area contributed by atoms with Crippen LogP contribution in [0.5, 0.6) is 0 Å². The maximum absolute atomic E-state index is 13.0. The number of anilines is 1. The SMILES string of the molecule is Cc1cc(C)c2c(CC(=O)N/N=C3\CCCc4oc(C(=O)Nc5cc(Cl)cc(Cl)c5)c(C)c43)coc2c1. The third kappa shape index (κ3) is 5.15. The first kappa shape index (κ1) is 25.1. The summed E-state index contributed by atoms with van der Waals surface area (Å²) < 4.78 is 11.6. The Balaban J connectivity index is 1.34. The lowest BCUT2D eigenvalue weighted by Crippen LogP contribution is -2.23. The maximum Gasteiger partial charge on any atom is 0.291 e. The summed E-state index contributed by atoms with van der Waals surface area (Å²) in [6, 6.07) is 8.84. The third-order valence-electron chi connectivity index (χ3n) is 6.41. The van der Waals surface area contributed by atoms with E-state index in [1.165, 1.54) is 0 Å². The number of hydrogen-bond acceptors (Lipinski definition) is 5. The summed E-state index contributed by atoms with van der Waals surface area (Å²) in [6.07, 6.45) is 3.90. The zero-order valence-corrected chi connectivity index (χ0v) is 22.1. The normalized spacial score (nSPS) is 14.1. The second kappa shape index (κ2) is 10.1. The first-order valence-electron chi connectivity index (χ1n) is 11.9. The molecule has 0 radical (unpaired) electrons. The van der Waals surface area contributed by atoms with Crippen LogP contribution in [0.15, 0.2) is 50.5 Å². The van der Waals surface area contributed by atoms with Gasteiger partial charge in [-0.2, -0.15) is 5.10 Å². The number of nitrogens with one attached hydrogen (secondary N) is 2. The number of carbonyl (C=O) groups excluding carboxylic acids is 2. The van der Waals surface area contributed by atoms with Crippen molar-refractivity contribution in [3.05, 3.63) is 86.0 Å². The summed E-state index contributed by atoms with van der Waals surface area (Å²) in [7, 11) is 0. The molecule has 1 aliphatic carbocycles. The molecule has 9 heteroatoms. The van der Waals surface area contributed by atoms with Crippen molar-refractivity contribution in [2.75, 3.05) is 5.32 Å². The fourth-order valence-corrected chi connectivity index (χ4v) is 5.44.